The number of nitro groups is 1. The Bertz CT molecular complexity index is 789. The van der Waals surface area contributed by atoms with Gasteiger partial charge in [0.05, 0.1) is 11.5 Å². The van der Waals surface area contributed by atoms with Crippen LogP contribution in [0.5, 0.6) is 0 Å². The molecule has 0 aliphatic rings. The molecule has 1 heterocycles. The van der Waals surface area contributed by atoms with Crippen LogP contribution in [-0.2, 0) is 17.5 Å². The molecule has 1 aromatic heterocycles. The van der Waals surface area contributed by atoms with Gasteiger partial charge in [-0.3, -0.25) is 14.9 Å². The van der Waals surface area contributed by atoms with Crippen molar-refractivity contribution in [3.8, 4) is 0 Å². The van der Waals surface area contributed by atoms with E-state index < -0.39 is 40.3 Å². The number of aliphatic carboxylic acids is 1. The maximum absolute atomic E-state index is 13.1. The lowest BCUT2D eigenvalue weighted by molar-refractivity contribution is -0.387. The summed E-state index contributed by atoms with van der Waals surface area (Å²) in [7, 11) is 0. The molecule has 0 aliphatic heterocycles. The number of nitrogens with one attached hydrogen (secondary N) is 1. The number of nitrogens with zero attached hydrogens (tertiary/aromatic N) is 3. The number of aromatic nitrogens is 2. The fraction of sp³-hybridized carbons (Fsp3) is 0.286. The summed E-state index contributed by atoms with van der Waals surface area (Å²) < 4.78 is 40.1. The largest absolute Gasteiger partial charge is 0.480 e. The Hall–Kier alpha value is -3.11. The van der Waals surface area contributed by atoms with Crippen molar-refractivity contribution >= 4 is 17.5 Å². The summed E-state index contributed by atoms with van der Waals surface area (Å²) in [6.45, 7) is 0.950. The predicted molar refractivity (Wildman–Crippen MR) is 80.1 cm³/mol. The highest BCUT2D eigenvalue weighted by Gasteiger charge is 2.45. The molecule has 1 aromatic carbocycles. The van der Waals surface area contributed by atoms with Gasteiger partial charge in [-0.15, -0.1) is 0 Å². The molecule has 0 amide bonds. The van der Waals surface area contributed by atoms with Gasteiger partial charge in [-0.2, -0.15) is 18.3 Å². The van der Waals surface area contributed by atoms with E-state index in [-0.39, 0.29) is 6.54 Å². The number of hydrogen-bond donors (Lipinski definition) is 2. The topological polar surface area (TPSA) is 110 Å². The highest BCUT2D eigenvalue weighted by Crippen LogP contribution is 2.40. The standard InChI is InChI=1S/C14H13F3N4O4/c1-8(13(22)23)18-12-10(21(24)25)11(14(15,16)17)19-20(12)7-9-5-3-2-4-6-9/h2-6,8,18H,7H2,1H3,(H,22,23)/t8-/m0/s1. The summed E-state index contributed by atoms with van der Waals surface area (Å²) in [5.41, 5.74) is -2.45. The third kappa shape index (κ3) is 4.05. The van der Waals surface area contributed by atoms with Gasteiger partial charge in [-0.25, -0.2) is 4.68 Å². The van der Waals surface area contributed by atoms with Gasteiger partial charge in [0.2, 0.25) is 11.5 Å². The third-order valence-electron chi connectivity index (χ3n) is 3.28. The number of carboxylic acid groups (broad SMARTS) is 1. The van der Waals surface area contributed by atoms with Crippen LogP contribution in [0.4, 0.5) is 24.7 Å². The molecule has 134 valence electrons. The van der Waals surface area contributed by atoms with E-state index in [9.17, 15) is 28.1 Å². The van der Waals surface area contributed by atoms with E-state index in [1.165, 1.54) is 0 Å². The molecule has 0 bridgehead atoms. The average Bonchev–Trinajstić information content (AvgIpc) is 2.87. The number of benzene rings is 1. The van der Waals surface area contributed by atoms with E-state index in [1.54, 1.807) is 30.3 Å². The fourth-order valence-corrected chi connectivity index (χ4v) is 2.10. The molecule has 25 heavy (non-hydrogen) atoms. The first-order chi connectivity index (χ1) is 11.6. The predicted octanol–water partition coefficient (Wildman–Crippen LogP) is 2.74. The number of anilines is 1. The minimum atomic E-state index is -5.06. The third-order valence-corrected chi connectivity index (χ3v) is 3.28. The van der Waals surface area contributed by atoms with E-state index in [0.717, 1.165) is 11.6 Å². The molecule has 2 N–H and O–H groups in total. The van der Waals surface area contributed by atoms with Crippen LogP contribution in [0.25, 0.3) is 0 Å². The molecular formula is C14H13F3N4O4. The van der Waals surface area contributed by atoms with Crippen LogP contribution >= 0.6 is 0 Å². The van der Waals surface area contributed by atoms with Gasteiger partial charge < -0.3 is 10.4 Å². The zero-order valence-electron chi connectivity index (χ0n) is 12.8. The lowest BCUT2D eigenvalue weighted by Gasteiger charge is -2.12. The van der Waals surface area contributed by atoms with E-state index in [4.69, 9.17) is 5.11 Å². The van der Waals surface area contributed by atoms with Gasteiger partial charge in [-0.1, -0.05) is 30.3 Å². The number of halogens is 3. The van der Waals surface area contributed by atoms with Gasteiger partial charge in [-0.05, 0) is 12.5 Å². The Balaban J connectivity index is 2.59. The molecular weight excluding hydrogens is 345 g/mol. The molecule has 2 aromatic rings. The summed E-state index contributed by atoms with van der Waals surface area (Å²) in [5, 5.41) is 25.6. The van der Waals surface area contributed by atoms with Crippen molar-refractivity contribution in [3.63, 3.8) is 0 Å². The van der Waals surface area contributed by atoms with Crippen LogP contribution in [0.3, 0.4) is 0 Å². The Labute approximate surface area is 139 Å². The van der Waals surface area contributed by atoms with Gasteiger partial charge in [0, 0.05) is 0 Å². The highest BCUT2D eigenvalue weighted by atomic mass is 19.4. The molecule has 0 saturated carbocycles. The summed E-state index contributed by atoms with van der Waals surface area (Å²) in [6, 6.07) is 6.83. The number of carboxylic acids is 1. The number of carbonyl (C=O) groups is 1. The second kappa shape index (κ2) is 6.79. The Kier molecular flexibility index (Phi) is 4.95. The molecule has 0 spiro atoms. The molecule has 11 heteroatoms. The fourth-order valence-electron chi connectivity index (χ4n) is 2.10. The highest BCUT2D eigenvalue weighted by molar-refractivity contribution is 5.78. The van der Waals surface area contributed by atoms with E-state index in [2.05, 4.69) is 10.4 Å². The molecule has 0 fully saturated rings. The monoisotopic (exact) mass is 358 g/mol. The van der Waals surface area contributed by atoms with Crippen molar-refractivity contribution in [1.29, 1.82) is 0 Å². The number of rotatable bonds is 6. The van der Waals surface area contributed by atoms with Gasteiger partial charge >= 0.3 is 17.8 Å². The minimum absolute atomic E-state index is 0.202. The SMILES string of the molecule is C[C@H](Nc1c([N+](=O)[O-])c(C(F)(F)F)nn1Cc1ccccc1)C(=O)O. The zero-order chi connectivity index (χ0) is 18.8. The van der Waals surface area contributed by atoms with Gasteiger partial charge in [0.25, 0.3) is 0 Å². The average molecular weight is 358 g/mol. The first-order valence-electron chi connectivity index (χ1n) is 6.97. The normalized spacial score (nSPS) is 12.6. The zero-order valence-corrected chi connectivity index (χ0v) is 12.8. The summed E-state index contributed by atoms with van der Waals surface area (Å²) >= 11 is 0. The Morgan fingerprint density at radius 3 is 2.48 bits per heavy atom. The Morgan fingerprint density at radius 1 is 1.40 bits per heavy atom. The molecule has 0 radical (unpaired) electrons. The first kappa shape index (κ1) is 18.2. The lowest BCUT2D eigenvalue weighted by Crippen LogP contribution is -2.27. The molecule has 8 nitrogen and oxygen atoms in total. The molecule has 2 rings (SSSR count). The minimum Gasteiger partial charge on any atom is -0.480 e. The lowest BCUT2D eigenvalue weighted by atomic mass is 10.2. The second-order valence-electron chi connectivity index (χ2n) is 5.15. The van der Waals surface area contributed by atoms with E-state index in [1.807, 2.05) is 0 Å². The van der Waals surface area contributed by atoms with Crippen LogP contribution in [0.2, 0.25) is 0 Å². The van der Waals surface area contributed by atoms with Crippen molar-refractivity contribution in [2.75, 3.05) is 5.32 Å². The molecule has 1 atom stereocenters. The Morgan fingerprint density at radius 2 is 2.00 bits per heavy atom. The molecule has 0 unspecified atom stereocenters. The number of alkyl halides is 3. The van der Waals surface area contributed by atoms with Crippen molar-refractivity contribution in [2.24, 2.45) is 0 Å². The summed E-state index contributed by atoms with van der Waals surface area (Å²) in [4.78, 5) is 20.9. The quantitative estimate of drug-likeness (QED) is 0.607. The van der Waals surface area contributed by atoms with Crippen molar-refractivity contribution in [3.05, 3.63) is 51.7 Å². The second-order valence-corrected chi connectivity index (χ2v) is 5.15. The molecule has 0 aliphatic carbocycles. The van der Waals surface area contributed by atoms with Crippen molar-refractivity contribution < 1.29 is 28.0 Å². The van der Waals surface area contributed by atoms with E-state index >= 15 is 0 Å². The van der Waals surface area contributed by atoms with E-state index in [0.29, 0.717) is 5.56 Å². The first-order valence-corrected chi connectivity index (χ1v) is 6.97. The van der Waals surface area contributed by atoms with Crippen molar-refractivity contribution in [2.45, 2.75) is 25.7 Å². The van der Waals surface area contributed by atoms with Crippen molar-refractivity contribution in [1.82, 2.24) is 9.78 Å². The van der Waals surface area contributed by atoms with Crippen LogP contribution in [0.15, 0.2) is 30.3 Å². The smallest absolute Gasteiger partial charge is 0.442 e. The maximum atomic E-state index is 13.1. The van der Waals surface area contributed by atoms with Gasteiger partial charge in [0.15, 0.2) is 0 Å². The molecule has 0 saturated heterocycles. The number of hydrogen-bond acceptors (Lipinski definition) is 5. The van der Waals surface area contributed by atoms with Crippen LogP contribution in [0, 0.1) is 10.1 Å². The summed E-state index contributed by atoms with van der Waals surface area (Å²) in [6.07, 6.45) is -5.06. The van der Waals surface area contributed by atoms with Crippen LogP contribution in [0.1, 0.15) is 18.2 Å². The maximum Gasteiger partial charge on any atom is 0.442 e. The van der Waals surface area contributed by atoms with Crippen LogP contribution < -0.4 is 5.32 Å². The van der Waals surface area contributed by atoms with Gasteiger partial charge in [0.1, 0.15) is 6.04 Å². The van der Waals surface area contributed by atoms with Crippen LogP contribution in [-0.4, -0.2) is 31.8 Å². The summed E-state index contributed by atoms with van der Waals surface area (Å²) in [5.74, 6) is -1.99.